The van der Waals surface area contributed by atoms with Crippen molar-refractivity contribution in [3.63, 3.8) is 0 Å². The molecule has 0 aliphatic rings. The Morgan fingerprint density at radius 2 is 2.37 bits per heavy atom. The predicted molar refractivity (Wildman–Crippen MR) is 77.4 cm³/mol. The van der Waals surface area contributed by atoms with Crippen LogP contribution in [0.4, 0.5) is 0 Å². The van der Waals surface area contributed by atoms with Crippen LogP contribution in [0.2, 0.25) is 0 Å². The molecular formula is C13H21N5O. The van der Waals surface area contributed by atoms with Gasteiger partial charge in [-0.1, -0.05) is 6.92 Å². The lowest BCUT2D eigenvalue weighted by Gasteiger charge is -2.09. The highest BCUT2D eigenvalue weighted by atomic mass is 16.1. The number of nitrogens with one attached hydrogen (secondary N) is 2. The lowest BCUT2D eigenvalue weighted by molar-refractivity contribution is 0.0934. The minimum Gasteiger partial charge on any atom is -0.394 e. The molecule has 1 atom stereocenters. The lowest BCUT2D eigenvalue weighted by atomic mass is 10.2. The molecule has 1 amide bonds. The number of carbonyl (C=O) groups excluding carboxylic acids is 1. The molecule has 2 N–H and O–H groups in total. The van der Waals surface area contributed by atoms with Crippen LogP contribution in [0.5, 0.6) is 0 Å². The zero-order valence-corrected chi connectivity index (χ0v) is 11.8. The van der Waals surface area contributed by atoms with Gasteiger partial charge in [-0.25, -0.2) is 4.98 Å². The Morgan fingerprint density at radius 3 is 2.95 bits per heavy atom. The van der Waals surface area contributed by atoms with Crippen molar-refractivity contribution >= 4 is 18.3 Å². The van der Waals surface area contributed by atoms with E-state index in [9.17, 15) is 4.79 Å². The van der Waals surface area contributed by atoms with E-state index in [1.54, 1.807) is 43.5 Å². The molecule has 6 heteroatoms. The summed E-state index contributed by atoms with van der Waals surface area (Å²) in [6.45, 7) is 3.98. The van der Waals surface area contributed by atoms with Gasteiger partial charge in [0.2, 0.25) is 0 Å². The molecule has 1 aromatic rings. The normalized spacial score (nSPS) is 13.1. The standard InChI is InChI=1S/C13H21N5O/c1-5-10(2)16-13(19)11-8-18(9-15-4)12(17-11)6-7-14-3/h6-10,14H,5H2,1-4H3,(H,16,19)/b7-6+,15-9?. The molecule has 0 spiro atoms. The molecule has 0 aromatic carbocycles. The van der Waals surface area contributed by atoms with E-state index in [1.807, 2.05) is 13.8 Å². The van der Waals surface area contributed by atoms with Crippen molar-refractivity contribution in [2.24, 2.45) is 4.99 Å². The summed E-state index contributed by atoms with van der Waals surface area (Å²) in [5, 5.41) is 5.77. The number of nitrogens with zero attached hydrogens (tertiary/aromatic N) is 3. The van der Waals surface area contributed by atoms with Crippen LogP contribution in [0, 0.1) is 0 Å². The topological polar surface area (TPSA) is 71.3 Å². The van der Waals surface area contributed by atoms with Gasteiger partial charge in [0.05, 0.1) is 6.34 Å². The average molecular weight is 263 g/mol. The zero-order chi connectivity index (χ0) is 14.3. The number of imidazole rings is 1. The third kappa shape index (κ3) is 4.24. The largest absolute Gasteiger partial charge is 0.394 e. The highest BCUT2D eigenvalue weighted by molar-refractivity contribution is 5.93. The van der Waals surface area contributed by atoms with Crippen molar-refractivity contribution in [2.75, 3.05) is 14.1 Å². The fourth-order valence-corrected chi connectivity index (χ4v) is 1.42. The van der Waals surface area contributed by atoms with Gasteiger partial charge in [-0.2, -0.15) is 0 Å². The number of aromatic nitrogens is 2. The van der Waals surface area contributed by atoms with E-state index in [2.05, 4.69) is 20.6 Å². The number of hydrogen-bond donors (Lipinski definition) is 2. The molecule has 1 aromatic heterocycles. The van der Waals surface area contributed by atoms with Crippen molar-refractivity contribution in [3.05, 3.63) is 23.9 Å². The van der Waals surface area contributed by atoms with Gasteiger partial charge in [-0.15, -0.1) is 0 Å². The highest BCUT2D eigenvalue weighted by Crippen LogP contribution is 2.04. The number of amides is 1. The van der Waals surface area contributed by atoms with E-state index >= 15 is 0 Å². The summed E-state index contributed by atoms with van der Waals surface area (Å²) >= 11 is 0. The minimum atomic E-state index is -0.170. The first-order valence-electron chi connectivity index (χ1n) is 6.28. The van der Waals surface area contributed by atoms with Crippen LogP contribution < -0.4 is 10.6 Å². The van der Waals surface area contributed by atoms with Crippen LogP contribution >= 0.6 is 0 Å². The molecule has 19 heavy (non-hydrogen) atoms. The molecule has 1 rings (SSSR count). The van der Waals surface area contributed by atoms with Gasteiger partial charge < -0.3 is 10.6 Å². The molecule has 0 aliphatic heterocycles. The predicted octanol–water partition coefficient (Wildman–Crippen LogP) is 1.11. The van der Waals surface area contributed by atoms with Gasteiger partial charge >= 0.3 is 0 Å². The zero-order valence-electron chi connectivity index (χ0n) is 11.8. The van der Waals surface area contributed by atoms with E-state index < -0.39 is 0 Å². The van der Waals surface area contributed by atoms with Gasteiger partial charge in [0.15, 0.2) is 0 Å². The quantitative estimate of drug-likeness (QED) is 0.596. The fourth-order valence-electron chi connectivity index (χ4n) is 1.42. The second-order valence-corrected chi connectivity index (χ2v) is 4.17. The molecule has 1 unspecified atom stereocenters. The summed E-state index contributed by atoms with van der Waals surface area (Å²) in [5.74, 6) is 0.478. The van der Waals surface area contributed by atoms with Gasteiger partial charge in [0.25, 0.3) is 5.91 Å². The number of rotatable bonds is 6. The van der Waals surface area contributed by atoms with Crippen molar-refractivity contribution in [1.29, 1.82) is 0 Å². The van der Waals surface area contributed by atoms with Gasteiger partial charge in [0.1, 0.15) is 11.5 Å². The lowest BCUT2D eigenvalue weighted by Crippen LogP contribution is -2.32. The summed E-state index contributed by atoms with van der Waals surface area (Å²) in [6.07, 6.45) is 7.69. The Hall–Kier alpha value is -2.11. The van der Waals surface area contributed by atoms with Crippen LogP contribution in [-0.4, -0.2) is 41.9 Å². The number of hydrogen-bond acceptors (Lipinski definition) is 4. The number of carbonyl (C=O) groups is 1. The molecule has 0 saturated heterocycles. The molecule has 1 heterocycles. The van der Waals surface area contributed by atoms with Gasteiger partial charge in [0, 0.05) is 26.3 Å². The Kier molecular flexibility index (Phi) is 5.78. The Morgan fingerprint density at radius 1 is 1.63 bits per heavy atom. The summed E-state index contributed by atoms with van der Waals surface area (Å²) in [4.78, 5) is 20.2. The smallest absolute Gasteiger partial charge is 0.271 e. The average Bonchev–Trinajstić information content (AvgIpc) is 2.80. The fraction of sp³-hybridized carbons (Fsp3) is 0.462. The summed E-state index contributed by atoms with van der Waals surface area (Å²) in [7, 11) is 3.47. The Labute approximate surface area is 113 Å². The maximum absolute atomic E-state index is 12.0. The Bertz CT molecular complexity index is 475. The van der Waals surface area contributed by atoms with E-state index in [-0.39, 0.29) is 11.9 Å². The maximum atomic E-state index is 12.0. The third-order valence-electron chi connectivity index (χ3n) is 2.62. The first kappa shape index (κ1) is 14.9. The van der Waals surface area contributed by atoms with Crippen molar-refractivity contribution < 1.29 is 4.79 Å². The van der Waals surface area contributed by atoms with E-state index in [4.69, 9.17) is 0 Å². The van der Waals surface area contributed by atoms with Gasteiger partial charge in [-0.3, -0.25) is 14.4 Å². The first-order chi connectivity index (χ1) is 9.12. The third-order valence-corrected chi connectivity index (χ3v) is 2.62. The second kappa shape index (κ2) is 7.35. The molecule has 104 valence electrons. The van der Waals surface area contributed by atoms with Crippen LogP contribution in [0.25, 0.3) is 6.08 Å². The van der Waals surface area contributed by atoms with Crippen LogP contribution in [0.3, 0.4) is 0 Å². The second-order valence-electron chi connectivity index (χ2n) is 4.17. The van der Waals surface area contributed by atoms with Crippen molar-refractivity contribution in [1.82, 2.24) is 20.2 Å². The molecule has 0 radical (unpaired) electrons. The van der Waals surface area contributed by atoms with Crippen LogP contribution in [0.1, 0.15) is 36.6 Å². The molecule has 0 saturated carbocycles. The highest BCUT2D eigenvalue weighted by Gasteiger charge is 2.13. The number of aliphatic imine (C=N–C) groups is 1. The Balaban J connectivity index is 2.96. The van der Waals surface area contributed by atoms with E-state index in [0.717, 1.165) is 6.42 Å². The summed E-state index contributed by atoms with van der Waals surface area (Å²) in [6, 6.07) is 0.133. The van der Waals surface area contributed by atoms with Crippen molar-refractivity contribution in [2.45, 2.75) is 26.3 Å². The summed E-state index contributed by atoms with van der Waals surface area (Å²) in [5.41, 5.74) is 0.385. The maximum Gasteiger partial charge on any atom is 0.271 e. The van der Waals surface area contributed by atoms with Crippen LogP contribution in [0.15, 0.2) is 17.4 Å². The van der Waals surface area contributed by atoms with Crippen molar-refractivity contribution in [3.8, 4) is 0 Å². The molecule has 0 aliphatic carbocycles. The minimum absolute atomic E-state index is 0.133. The molecule has 6 nitrogen and oxygen atoms in total. The van der Waals surface area contributed by atoms with E-state index in [1.165, 1.54) is 0 Å². The monoisotopic (exact) mass is 263 g/mol. The van der Waals surface area contributed by atoms with Crippen LogP contribution in [-0.2, 0) is 0 Å². The molecular weight excluding hydrogens is 242 g/mol. The molecule has 0 bridgehead atoms. The van der Waals surface area contributed by atoms with E-state index in [0.29, 0.717) is 11.5 Å². The van der Waals surface area contributed by atoms with Gasteiger partial charge in [-0.05, 0) is 25.6 Å². The first-order valence-corrected chi connectivity index (χ1v) is 6.28. The molecule has 0 fully saturated rings. The summed E-state index contributed by atoms with van der Waals surface area (Å²) < 4.78 is 1.71. The SMILES string of the molecule is CCC(C)NC(=O)c1cn(C=NC)c(/C=C/NC)n1.